The Morgan fingerprint density at radius 1 is 1.36 bits per heavy atom. The summed E-state index contributed by atoms with van der Waals surface area (Å²) in [6.07, 6.45) is 2.52. The number of benzene rings is 1. The lowest BCUT2D eigenvalue weighted by molar-refractivity contribution is 0.102. The quantitative estimate of drug-likeness (QED) is 0.851. The van der Waals surface area contributed by atoms with Gasteiger partial charge < -0.3 is 20.2 Å². The first-order valence-corrected chi connectivity index (χ1v) is 6.98. The van der Waals surface area contributed by atoms with Crippen molar-refractivity contribution in [2.45, 2.75) is 32.9 Å². The molecule has 0 aliphatic carbocycles. The third-order valence-corrected chi connectivity index (χ3v) is 3.14. The van der Waals surface area contributed by atoms with E-state index < -0.39 is 0 Å². The summed E-state index contributed by atoms with van der Waals surface area (Å²) in [7, 11) is 0. The molecule has 0 bridgehead atoms. The highest BCUT2D eigenvalue weighted by molar-refractivity contribution is 6.04. The van der Waals surface area contributed by atoms with Crippen LogP contribution in [0.25, 0.3) is 0 Å². The van der Waals surface area contributed by atoms with Gasteiger partial charge in [-0.15, -0.1) is 12.4 Å². The fourth-order valence-corrected chi connectivity index (χ4v) is 1.74. The van der Waals surface area contributed by atoms with Gasteiger partial charge in [-0.05, 0) is 43.7 Å². The summed E-state index contributed by atoms with van der Waals surface area (Å²) in [6, 6.07) is 8.92. The van der Waals surface area contributed by atoms with Crippen LogP contribution in [0.5, 0.6) is 5.75 Å². The SMILES string of the molecule is CCC(C)Oc1ccc(NC(=O)c2coc(CN)c2)cc1.Cl. The molecule has 1 aromatic heterocycles. The summed E-state index contributed by atoms with van der Waals surface area (Å²) >= 11 is 0. The molecule has 0 radical (unpaired) electrons. The Labute approximate surface area is 136 Å². The van der Waals surface area contributed by atoms with Crippen molar-refractivity contribution in [2.24, 2.45) is 5.73 Å². The number of ether oxygens (including phenoxy) is 1. The van der Waals surface area contributed by atoms with Gasteiger partial charge >= 0.3 is 0 Å². The standard InChI is InChI=1S/C16H20N2O3.ClH/c1-3-11(2)21-14-6-4-13(5-7-14)18-16(19)12-8-15(9-17)20-10-12;/h4-8,10-11H,3,9,17H2,1-2H3,(H,18,19);1H. The number of anilines is 1. The van der Waals surface area contributed by atoms with Crippen LogP contribution in [0.3, 0.4) is 0 Å². The molecule has 0 saturated carbocycles. The summed E-state index contributed by atoms with van der Waals surface area (Å²) in [6.45, 7) is 4.36. The number of amides is 1. The Morgan fingerprint density at radius 2 is 2.05 bits per heavy atom. The molecule has 0 aliphatic rings. The molecule has 0 aliphatic heterocycles. The lowest BCUT2D eigenvalue weighted by atomic mass is 10.2. The average Bonchev–Trinajstić information content (AvgIpc) is 2.98. The van der Waals surface area contributed by atoms with E-state index >= 15 is 0 Å². The third-order valence-electron chi connectivity index (χ3n) is 3.14. The van der Waals surface area contributed by atoms with Crippen molar-refractivity contribution in [1.29, 1.82) is 0 Å². The largest absolute Gasteiger partial charge is 0.491 e. The maximum Gasteiger partial charge on any atom is 0.258 e. The van der Waals surface area contributed by atoms with Gasteiger partial charge in [-0.25, -0.2) is 0 Å². The zero-order valence-electron chi connectivity index (χ0n) is 12.7. The number of furan rings is 1. The van der Waals surface area contributed by atoms with E-state index in [1.54, 1.807) is 18.2 Å². The Hall–Kier alpha value is -1.98. The van der Waals surface area contributed by atoms with Gasteiger partial charge in [0.25, 0.3) is 5.91 Å². The van der Waals surface area contributed by atoms with Gasteiger partial charge in [0.15, 0.2) is 0 Å². The molecule has 6 heteroatoms. The van der Waals surface area contributed by atoms with Crippen molar-refractivity contribution in [1.82, 2.24) is 0 Å². The molecule has 1 heterocycles. The maximum absolute atomic E-state index is 12.0. The first kappa shape index (κ1) is 18.1. The number of carbonyl (C=O) groups excluding carboxylic acids is 1. The van der Waals surface area contributed by atoms with Crippen LogP contribution in [-0.4, -0.2) is 12.0 Å². The normalized spacial score (nSPS) is 11.4. The minimum Gasteiger partial charge on any atom is -0.491 e. The number of carbonyl (C=O) groups is 1. The van der Waals surface area contributed by atoms with Crippen LogP contribution in [0.15, 0.2) is 41.0 Å². The molecule has 1 atom stereocenters. The lowest BCUT2D eigenvalue weighted by Crippen LogP contribution is -2.11. The first-order valence-electron chi connectivity index (χ1n) is 6.98. The molecule has 120 valence electrons. The van der Waals surface area contributed by atoms with E-state index in [0.29, 0.717) is 17.0 Å². The number of hydrogen-bond donors (Lipinski definition) is 2. The molecule has 1 aromatic carbocycles. The Bertz CT molecular complexity index is 596. The van der Waals surface area contributed by atoms with E-state index in [4.69, 9.17) is 14.9 Å². The van der Waals surface area contributed by atoms with Crippen molar-refractivity contribution >= 4 is 24.0 Å². The van der Waals surface area contributed by atoms with Crippen molar-refractivity contribution in [3.63, 3.8) is 0 Å². The molecular weight excluding hydrogens is 304 g/mol. The van der Waals surface area contributed by atoms with Crippen molar-refractivity contribution < 1.29 is 13.9 Å². The third kappa shape index (κ3) is 4.79. The van der Waals surface area contributed by atoms with E-state index in [9.17, 15) is 4.79 Å². The van der Waals surface area contributed by atoms with E-state index in [0.717, 1.165) is 12.2 Å². The van der Waals surface area contributed by atoms with E-state index in [1.807, 2.05) is 19.1 Å². The van der Waals surface area contributed by atoms with Crippen LogP contribution in [0.2, 0.25) is 0 Å². The second-order valence-corrected chi connectivity index (χ2v) is 4.82. The van der Waals surface area contributed by atoms with Crippen LogP contribution < -0.4 is 15.8 Å². The van der Waals surface area contributed by atoms with Crippen LogP contribution in [0, 0.1) is 0 Å². The molecule has 22 heavy (non-hydrogen) atoms. The zero-order valence-corrected chi connectivity index (χ0v) is 13.5. The van der Waals surface area contributed by atoms with Crippen LogP contribution in [-0.2, 0) is 6.54 Å². The van der Waals surface area contributed by atoms with Crippen molar-refractivity contribution in [3.05, 3.63) is 47.9 Å². The zero-order chi connectivity index (χ0) is 15.2. The van der Waals surface area contributed by atoms with E-state index in [2.05, 4.69) is 12.2 Å². The number of nitrogens with two attached hydrogens (primary N) is 1. The molecular formula is C16H21ClN2O3. The van der Waals surface area contributed by atoms with Gasteiger partial charge in [0.2, 0.25) is 0 Å². The minimum atomic E-state index is -0.228. The number of rotatable bonds is 6. The molecule has 3 N–H and O–H groups in total. The summed E-state index contributed by atoms with van der Waals surface area (Å²) < 4.78 is 10.8. The van der Waals surface area contributed by atoms with Gasteiger partial charge in [0.1, 0.15) is 17.8 Å². The molecule has 2 aromatic rings. The molecule has 1 unspecified atom stereocenters. The van der Waals surface area contributed by atoms with Gasteiger partial charge in [-0.1, -0.05) is 6.92 Å². The highest BCUT2D eigenvalue weighted by Gasteiger charge is 2.10. The Balaban J connectivity index is 0.00000242. The molecule has 0 saturated heterocycles. The number of hydrogen-bond acceptors (Lipinski definition) is 4. The maximum atomic E-state index is 12.0. The highest BCUT2D eigenvalue weighted by Crippen LogP contribution is 2.18. The first-order chi connectivity index (χ1) is 10.1. The van der Waals surface area contributed by atoms with Gasteiger partial charge in [-0.2, -0.15) is 0 Å². The molecule has 0 spiro atoms. The second-order valence-electron chi connectivity index (χ2n) is 4.82. The Kier molecular flexibility index (Phi) is 6.95. The number of nitrogens with one attached hydrogen (secondary N) is 1. The van der Waals surface area contributed by atoms with Crippen LogP contribution >= 0.6 is 12.4 Å². The summed E-state index contributed by atoms with van der Waals surface area (Å²) in [5, 5.41) is 2.79. The lowest BCUT2D eigenvalue weighted by Gasteiger charge is -2.12. The smallest absolute Gasteiger partial charge is 0.258 e. The summed E-state index contributed by atoms with van der Waals surface area (Å²) in [4.78, 5) is 12.0. The van der Waals surface area contributed by atoms with Gasteiger partial charge in [0.05, 0.1) is 18.2 Å². The predicted molar refractivity (Wildman–Crippen MR) is 88.6 cm³/mol. The molecule has 0 fully saturated rings. The summed E-state index contributed by atoms with van der Waals surface area (Å²) in [5.41, 5.74) is 6.60. The van der Waals surface area contributed by atoms with Crippen molar-refractivity contribution in [3.8, 4) is 5.75 Å². The molecule has 5 nitrogen and oxygen atoms in total. The van der Waals surface area contributed by atoms with Crippen molar-refractivity contribution in [2.75, 3.05) is 5.32 Å². The van der Waals surface area contributed by atoms with E-state index in [-0.39, 0.29) is 31.0 Å². The molecule has 2 rings (SSSR count). The number of halogens is 1. The van der Waals surface area contributed by atoms with Gasteiger partial charge in [-0.3, -0.25) is 4.79 Å². The minimum absolute atomic E-state index is 0. The van der Waals surface area contributed by atoms with Crippen LogP contribution in [0.1, 0.15) is 36.4 Å². The average molecular weight is 325 g/mol. The fraction of sp³-hybridized carbons (Fsp3) is 0.312. The fourth-order valence-electron chi connectivity index (χ4n) is 1.74. The Morgan fingerprint density at radius 3 is 2.59 bits per heavy atom. The second kappa shape index (κ2) is 8.46. The molecule has 1 amide bonds. The van der Waals surface area contributed by atoms with Crippen LogP contribution in [0.4, 0.5) is 5.69 Å². The van der Waals surface area contributed by atoms with E-state index in [1.165, 1.54) is 6.26 Å². The highest BCUT2D eigenvalue weighted by atomic mass is 35.5. The monoisotopic (exact) mass is 324 g/mol. The van der Waals surface area contributed by atoms with Gasteiger partial charge in [0, 0.05) is 5.69 Å². The topological polar surface area (TPSA) is 77.5 Å². The summed E-state index contributed by atoms with van der Waals surface area (Å²) in [5.74, 6) is 1.14. The predicted octanol–water partition coefficient (Wildman–Crippen LogP) is 3.59.